The molecule has 11 nitrogen and oxygen atoms in total. The Hall–Kier alpha value is -5.79. The van der Waals surface area contributed by atoms with Gasteiger partial charge in [-0.1, -0.05) is 6.07 Å². The van der Waals surface area contributed by atoms with E-state index < -0.39 is 5.82 Å². The molecule has 0 unspecified atom stereocenters. The normalized spacial score (nSPS) is 16.1. The minimum Gasteiger partial charge on any atom is -0.381 e. The number of hydrogen-bond acceptors (Lipinski definition) is 9. The third-order valence-corrected chi connectivity index (χ3v) is 11.6. The van der Waals surface area contributed by atoms with Gasteiger partial charge in [0.05, 0.1) is 26.5 Å². The van der Waals surface area contributed by atoms with Crippen molar-refractivity contribution in [2.45, 2.75) is 26.2 Å². The number of ketones is 1. The van der Waals surface area contributed by atoms with Crippen LogP contribution in [0.2, 0.25) is 0 Å². The number of para-hydroxylation sites is 1. The molecule has 4 aromatic heterocycles. The Morgan fingerprint density at radius 1 is 1.00 bits per heavy atom. The number of pyridine rings is 2. The molecule has 3 aliphatic heterocycles. The van der Waals surface area contributed by atoms with Crippen molar-refractivity contribution in [2.75, 3.05) is 48.0 Å². The van der Waals surface area contributed by atoms with Gasteiger partial charge in [0.25, 0.3) is 11.8 Å². The first-order valence-electron chi connectivity index (χ1n) is 17.5. The highest BCUT2D eigenvalue weighted by molar-refractivity contribution is 7.17. The lowest BCUT2D eigenvalue weighted by atomic mass is 9.73. The van der Waals surface area contributed by atoms with Crippen LogP contribution < -0.4 is 15.1 Å². The van der Waals surface area contributed by atoms with E-state index in [1.165, 1.54) is 17.4 Å². The highest BCUT2D eigenvalue weighted by Crippen LogP contribution is 2.43. The second-order valence-corrected chi connectivity index (χ2v) is 15.0. The molecule has 266 valence electrons. The van der Waals surface area contributed by atoms with Gasteiger partial charge in [-0.25, -0.2) is 14.4 Å². The molecule has 2 N–H and O–H groups in total. The first kappa shape index (κ1) is 33.1. The van der Waals surface area contributed by atoms with Gasteiger partial charge in [-0.05, 0) is 98.0 Å². The zero-order valence-electron chi connectivity index (χ0n) is 28.8. The molecule has 0 aliphatic carbocycles. The smallest absolute Gasteiger partial charge is 0.259 e. The maximum Gasteiger partial charge on any atom is 0.259 e. The quantitative estimate of drug-likeness (QED) is 0.179. The Balaban J connectivity index is 0.919. The summed E-state index contributed by atoms with van der Waals surface area (Å²) in [6.07, 6.45) is 5.99. The van der Waals surface area contributed by atoms with Gasteiger partial charge in [0.1, 0.15) is 17.0 Å². The van der Waals surface area contributed by atoms with Gasteiger partial charge in [-0.3, -0.25) is 19.4 Å². The number of hydrogen-bond donors (Lipinski definition) is 2. The lowest BCUT2D eigenvalue weighted by Gasteiger charge is -2.53. The summed E-state index contributed by atoms with van der Waals surface area (Å²) in [5, 5.41) is 3.00. The second kappa shape index (κ2) is 13.0. The monoisotopic (exact) mass is 727 g/mol. The summed E-state index contributed by atoms with van der Waals surface area (Å²) in [4.78, 5) is 62.7. The van der Waals surface area contributed by atoms with Gasteiger partial charge in [0.15, 0.2) is 11.6 Å². The number of imidazole rings is 1. The van der Waals surface area contributed by atoms with Gasteiger partial charge >= 0.3 is 0 Å². The van der Waals surface area contributed by atoms with Gasteiger partial charge in [-0.2, -0.15) is 0 Å². The minimum atomic E-state index is -0.498. The largest absolute Gasteiger partial charge is 0.381 e. The number of ether oxygens (including phenoxy) is 1. The number of carbonyl (C=O) groups is 3. The molecular formula is C40H34FN7O4S. The van der Waals surface area contributed by atoms with Crippen molar-refractivity contribution in [1.29, 1.82) is 0 Å². The molecule has 9 rings (SSSR count). The fourth-order valence-corrected chi connectivity index (χ4v) is 8.72. The van der Waals surface area contributed by atoms with Crippen LogP contribution in [0.1, 0.15) is 60.2 Å². The Labute approximate surface area is 307 Å². The van der Waals surface area contributed by atoms with E-state index in [9.17, 15) is 18.8 Å². The van der Waals surface area contributed by atoms with Crippen molar-refractivity contribution in [3.63, 3.8) is 0 Å². The molecule has 6 aromatic rings. The Kier molecular flexibility index (Phi) is 8.12. The fourth-order valence-electron chi connectivity index (χ4n) is 7.57. The highest BCUT2D eigenvalue weighted by atomic mass is 32.1. The minimum absolute atomic E-state index is 0.0646. The number of H-pyrrole nitrogens is 1. The van der Waals surface area contributed by atoms with Crippen LogP contribution in [-0.2, 0) is 11.2 Å². The number of halogens is 1. The molecule has 0 saturated carbocycles. The number of aromatic nitrogens is 4. The number of nitrogens with zero attached hydrogens (tertiary/aromatic N) is 5. The summed E-state index contributed by atoms with van der Waals surface area (Å²) in [5.41, 5.74) is 5.36. The van der Waals surface area contributed by atoms with Crippen LogP contribution in [0.4, 0.5) is 21.6 Å². The third-order valence-electron chi connectivity index (χ3n) is 10.4. The van der Waals surface area contributed by atoms with E-state index in [1.54, 1.807) is 59.8 Å². The van der Waals surface area contributed by atoms with E-state index in [1.807, 2.05) is 25.1 Å². The molecule has 2 saturated heterocycles. The van der Waals surface area contributed by atoms with E-state index in [4.69, 9.17) is 4.74 Å². The first-order valence-corrected chi connectivity index (χ1v) is 18.4. The molecular weight excluding hydrogens is 694 g/mol. The number of aryl methyl sites for hydroxylation is 1. The van der Waals surface area contributed by atoms with Crippen LogP contribution in [0.3, 0.4) is 0 Å². The van der Waals surface area contributed by atoms with Crippen LogP contribution in [0.25, 0.3) is 21.6 Å². The molecule has 7 heterocycles. The van der Waals surface area contributed by atoms with E-state index in [-0.39, 0.29) is 34.4 Å². The van der Waals surface area contributed by atoms with E-state index >= 15 is 0 Å². The molecule has 2 amide bonds. The van der Waals surface area contributed by atoms with E-state index in [0.29, 0.717) is 57.4 Å². The SMILES string of the molecule is Cc1cnc(N2CC3(CCOCC3)C2)c(C(=O)Nc2ccc(C(=O)N3CCc4cc(C(=O)c5nc6c(F)cccc6[nH]5)sc4-c4ncccc43)cc2)c1. The number of rotatable bonds is 6. The van der Waals surface area contributed by atoms with Crippen LogP contribution >= 0.6 is 11.3 Å². The molecule has 2 aromatic carbocycles. The number of carbonyl (C=O) groups excluding carboxylic acids is 3. The van der Waals surface area contributed by atoms with Gasteiger partial charge in [0.2, 0.25) is 5.78 Å². The number of nitrogens with one attached hydrogen (secondary N) is 2. The van der Waals surface area contributed by atoms with Crippen molar-refractivity contribution >= 4 is 57.2 Å². The number of fused-ring (bicyclic) bond motifs is 4. The summed E-state index contributed by atoms with van der Waals surface area (Å²) >= 11 is 1.28. The van der Waals surface area contributed by atoms with Crippen molar-refractivity contribution in [3.8, 4) is 10.6 Å². The van der Waals surface area contributed by atoms with E-state index in [2.05, 4.69) is 30.2 Å². The summed E-state index contributed by atoms with van der Waals surface area (Å²) in [7, 11) is 0. The number of amides is 2. The van der Waals surface area contributed by atoms with Gasteiger partial charge in [-0.15, -0.1) is 11.3 Å². The second-order valence-electron chi connectivity index (χ2n) is 14.0. The summed E-state index contributed by atoms with van der Waals surface area (Å²) in [6.45, 7) is 5.54. The standard InChI is InChI=1S/C40H34FN7O4S/c1-23-18-27(37(43-20-23)47-21-40(22-47)12-16-52-17-13-40)38(50)44-26-9-7-24(8-10-26)39(51)48-15-11-25-19-31(53-35(25)33-30(48)6-3-14-42-33)34(49)36-45-29-5-2-4-28(41)32(29)46-36/h2-10,14,18-20H,11-13,15-17,21-22H2,1H3,(H,44,50)(H,45,46). The maximum atomic E-state index is 14.3. The summed E-state index contributed by atoms with van der Waals surface area (Å²) < 4.78 is 19.8. The van der Waals surface area contributed by atoms with Crippen molar-refractivity contribution in [1.82, 2.24) is 19.9 Å². The zero-order chi connectivity index (χ0) is 36.3. The molecule has 13 heteroatoms. The van der Waals surface area contributed by atoms with Gasteiger partial charge in [0, 0.05) is 61.9 Å². The Bertz CT molecular complexity index is 2430. The fraction of sp³-hybridized carbons (Fsp3) is 0.250. The molecule has 2 fully saturated rings. The Morgan fingerprint density at radius 2 is 1.81 bits per heavy atom. The average molecular weight is 728 g/mol. The van der Waals surface area contributed by atoms with Crippen molar-refractivity contribution in [3.05, 3.63) is 118 Å². The molecule has 0 radical (unpaired) electrons. The number of anilines is 3. The maximum absolute atomic E-state index is 14.3. The average Bonchev–Trinajstić information content (AvgIpc) is 3.77. The molecule has 0 bridgehead atoms. The predicted molar refractivity (Wildman–Crippen MR) is 200 cm³/mol. The van der Waals surface area contributed by atoms with Crippen LogP contribution in [0.5, 0.6) is 0 Å². The summed E-state index contributed by atoms with van der Waals surface area (Å²) in [6, 6.07) is 18.7. The molecule has 3 aliphatic rings. The van der Waals surface area contributed by atoms with Crippen molar-refractivity contribution in [2.24, 2.45) is 5.41 Å². The zero-order valence-corrected chi connectivity index (χ0v) is 29.6. The van der Waals surface area contributed by atoms with E-state index in [0.717, 1.165) is 55.1 Å². The van der Waals surface area contributed by atoms with Crippen LogP contribution in [0, 0.1) is 18.2 Å². The van der Waals surface area contributed by atoms with Gasteiger partial charge < -0.3 is 24.8 Å². The van der Waals surface area contributed by atoms with Crippen molar-refractivity contribution < 1.29 is 23.5 Å². The third kappa shape index (κ3) is 5.95. The lowest BCUT2D eigenvalue weighted by Crippen LogP contribution is -2.59. The Morgan fingerprint density at radius 3 is 2.60 bits per heavy atom. The number of aromatic amines is 1. The topological polar surface area (TPSA) is 133 Å². The lowest BCUT2D eigenvalue weighted by molar-refractivity contribution is -0.000511. The predicted octanol–water partition coefficient (Wildman–Crippen LogP) is 6.83. The number of thiophene rings is 1. The first-order chi connectivity index (χ1) is 25.7. The van der Waals surface area contributed by atoms with Crippen LogP contribution in [0.15, 0.2) is 79.1 Å². The highest BCUT2D eigenvalue weighted by Gasteiger charge is 2.45. The summed E-state index contributed by atoms with van der Waals surface area (Å²) in [5.74, 6) is -0.558. The molecule has 53 heavy (non-hydrogen) atoms. The number of benzene rings is 2. The van der Waals surface area contributed by atoms with Crippen LogP contribution in [-0.4, -0.2) is 70.4 Å². The molecule has 0 atom stereocenters. The molecule has 1 spiro atoms.